The lowest BCUT2D eigenvalue weighted by Crippen LogP contribution is -2.53. The summed E-state index contributed by atoms with van der Waals surface area (Å²) in [6.07, 6.45) is 1.95. The van der Waals surface area contributed by atoms with Crippen LogP contribution in [-0.2, 0) is 30.7 Å². The van der Waals surface area contributed by atoms with Gasteiger partial charge in [0.05, 0.1) is 36.3 Å². The number of carboxylic acid groups (broad SMARTS) is 1. The summed E-state index contributed by atoms with van der Waals surface area (Å²) in [6, 6.07) is 26.2. The van der Waals surface area contributed by atoms with E-state index >= 15 is 0 Å². The van der Waals surface area contributed by atoms with Gasteiger partial charge in [-0.2, -0.15) is 0 Å². The molecule has 0 spiro atoms. The van der Waals surface area contributed by atoms with Crippen molar-refractivity contribution in [2.24, 2.45) is 0 Å². The van der Waals surface area contributed by atoms with Gasteiger partial charge in [0.15, 0.2) is 0 Å². The first-order valence-electron chi connectivity index (χ1n) is 11.8. The predicted molar refractivity (Wildman–Crippen MR) is 127 cm³/mol. The van der Waals surface area contributed by atoms with Crippen LogP contribution in [0.5, 0.6) is 0 Å². The summed E-state index contributed by atoms with van der Waals surface area (Å²) in [6.45, 7) is 1.62. The van der Waals surface area contributed by atoms with Gasteiger partial charge in [0.2, 0.25) is 0 Å². The minimum atomic E-state index is -0.954. The zero-order valence-electron chi connectivity index (χ0n) is 19.1. The molecule has 176 valence electrons. The smallest absolute Gasteiger partial charge is 0.314 e. The Kier molecular flexibility index (Phi) is 6.00. The fourth-order valence-corrected chi connectivity index (χ4v) is 5.48. The molecule has 34 heavy (non-hydrogen) atoms. The summed E-state index contributed by atoms with van der Waals surface area (Å²) in [5.41, 5.74) is 1.03. The lowest BCUT2D eigenvalue weighted by Gasteiger charge is -2.48. The molecular weight excluding hydrogens is 431 g/mol. The third-order valence-corrected chi connectivity index (χ3v) is 7.78. The van der Waals surface area contributed by atoms with Crippen LogP contribution in [0.1, 0.15) is 42.4 Å². The molecular formula is C29H29FO4. The highest BCUT2D eigenvalue weighted by atomic mass is 19.1. The zero-order chi connectivity index (χ0) is 23.7. The molecule has 0 unspecified atom stereocenters. The Morgan fingerprint density at radius 2 is 1.35 bits per heavy atom. The second-order valence-electron chi connectivity index (χ2n) is 9.68. The van der Waals surface area contributed by atoms with Crippen molar-refractivity contribution in [3.63, 3.8) is 0 Å². The minimum Gasteiger partial charge on any atom is -0.481 e. The van der Waals surface area contributed by atoms with Gasteiger partial charge in [-0.3, -0.25) is 4.79 Å². The molecule has 2 aliphatic rings. The molecule has 1 saturated carbocycles. The van der Waals surface area contributed by atoms with Crippen LogP contribution in [-0.4, -0.2) is 30.9 Å². The maximum atomic E-state index is 13.8. The van der Waals surface area contributed by atoms with E-state index in [-0.39, 0.29) is 11.2 Å². The molecule has 0 amide bonds. The number of rotatable bonds is 7. The molecule has 1 heterocycles. The van der Waals surface area contributed by atoms with Crippen LogP contribution in [0.2, 0.25) is 0 Å². The van der Waals surface area contributed by atoms with Crippen LogP contribution in [0.25, 0.3) is 0 Å². The Balaban J connectivity index is 1.45. The molecule has 0 atom stereocenters. The molecule has 0 aromatic heterocycles. The van der Waals surface area contributed by atoms with Gasteiger partial charge in [-0.1, -0.05) is 72.8 Å². The lowest BCUT2D eigenvalue weighted by atomic mass is 9.63. The summed E-state index contributed by atoms with van der Waals surface area (Å²) in [4.78, 5) is 12.5. The highest BCUT2D eigenvalue weighted by Gasteiger charge is 2.51. The van der Waals surface area contributed by atoms with Crippen LogP contribution in [0, 0.1) is 5.82 Å². The molecule has 3 aromatic rings. The van der Waals surface area contributed by atoms with Crippen molar-refractivity contribution in [3.8, 4) is 0 Å². The number of hydrogen-bond donors (Lipinski definition) is 1. The fraction of sp³-hybridized carbons (Fsp3) is 0.345. The Labute approximate surface area is 199 Å². The standard InChI is InChI=1S/C29H29FO4/c30-25-13-11-24(12-14-25)29(34-21-27(19-33-20-27)22-7-3-1-4-8-22)17-15-28(16-18-29,26(31)32)23-9-5-2-6-10-23/h1-14H,15-21H2,(H,31,32). The van der Waals surface area contributed by atoms with Crippen LogP contribution in [0.3, 0.4) is 0 Å². The van der Waals surface area contributed by atoms with Gasteiger partial charge in [-0.25, -0.2) is 4.39 Å². The molecule has 0 bridgehead atoms. The average Bonchev–Trinajstić information content (AvgIpc) is 2.85. The molecule has 1 N–H and O–H groups in total. The highest BCUT2D eigenvalue weighted by Crippen LogP contribution is 2.50. The molecule has 0 radical (unpaired) electrons. The highest BCUT2D eigenvalue weighted by molar-refractivity contribution is 5.81. The molecule has 4 nitrogen and oxygen atoms in total. The molecule has 1 aliphatic heterocycles. The van der Waals surface area contributed by atoms with Crippen molar-refractivity contribution in [1.29, 1.82) is 0 Å². The largest absolute Gasteiger partial charge is 0.481 e. The van der Waals surface area contributed by atoms with Gasteiger partial charge in [0, 0.05) is 0 Å². The predicted octanol–water partition coefficient (Wildman–Crippen LogP) is 5.60. The third kappa shape index (κ3) is 3.93. The Morgan fingerprint density at radius 3 is 1.85 bits per heavy atom. The van der Waals surface area contributed by atoms with E-state index in [2.05, 4.69) is 12.1 Å². The van der Waals surface area contributed by atoms with Crippen LogP contribution < -0.4 is 0 Å². The van der Waals surface area contributed by atoms with Crippen molar-refractivity contribution in [2.45, 2.75) is 42.1 Å². The molecule has 5 rings (SSSR count). The lowest BCUT2D eigenvalue weighted by molar-refractivity contribution is -0.165. The number of aliphatic carboxylic acids is 1. The van der Waals surface area contributed by atoms with Gasteiger partial charge >= 0.3 is 5.97 Å². The Bertz CT molecular complexity index is 1120. The van der Waals surface area contributed by atoms with E-state index in [4.69, 9.17) is 9.47 Å². The van der Waals surface area contributed by atoms with Gasteiger partial charge in [0.25, 0.3) is 0 Å². The average molecular weight is 461 g/mol. The molecule has 1 saturated heterocycles. The van der Waals surface area contributed by atoms with Gasteiger partial charge in [0.1, 0.15) is 5.82 Å². The van der Waals surface area contributed by atoms with Gasteiger partial charge in [-0.05, 0) is 54.5 Å². The number of benzene rings is 3. The van der Waals surface area contributed by atoms with E-state index in [1.165, 1.54) is 17.7 Å². The van der Waals surface area contributed by atoms with Gasteiger partial charge < -0.3 is 14.6 Å². The second kappa shape index (κ2) is 8.97. The summed E-state index contributed by atoms with van der Waals surface area (Å²) in [7, 11) is 0. The van der Waals surface area contributed by atoms with Crippen LogP contribution >= 0.6 is 0 Å². The van der Waals surface area contributed by atoms with Crippen molar-refractivity contribution in [2.75, 3.05) is 19.8 Å². The third-order valence-electron chi connectivity index (χ3n) is 7.78. The molecule has 5 heteroatoms. The topological polar surface area (TPSA) is 55.8 Å². The van der Waals surface area contributed by atoms with Crippen molar-refractivity contribution in [1.82, 2.24) is 0 Å². The molecule has 3 aromatic carbocycles. The summed E-state index contributed by atoms with van der Waals surface area (Å²) in [5.74, 6) is -1.11. The normalized spacial score (nSPS) is 25.9. The summed E-state index contributed by atoms with van der Waals surface area (Å²) >= 11 is 0. The van der Waals surface area contributed by atoms with E-state index in [9.17, 15) is 14.3 Å². The maximum absolute atomic E-state index is 13.8. The molecule has 2 fully saturated rings. The van der Waals surface area contributed by atoms with E-state index in [0.29, 0.717) is 45.5 Å². The first-order valence-corrected chi connectivity index (χ1v) is 11.8. The van der Waals surface area contributed by atoms with Crippen molar-refractivity contribution < 1.29 is 23.8 Å². The van der Waals surface area contributed by atoms with Crippen LogP contribution in [0.4, 0.5) is 4.39 Å². The second-order valence-corrected chi connectivity index (χ2v) is 9.68. The van der Waals surface area contributed by atoms with E-state index in [1.807, 2.05) is 48.5 Å². The number of ether oxygens (including phenoxy) is 2. The summed E-state index contributed by atoms with van der Waals surface area (Å²) < 4.78 is 26.1. The number of carbonyl (C=O) groups is 1. The Morgan fingerprint density at radius 1 is 0.794 bits per heavy atom. The number of carboxylic acids is 1. The Hall–Kier alpha value is -3.02. The first-order chi connectivity index (χ1) is 16.5. The van der Waals surface area contributed by atoms with Crippen LogP contribution in [0.15, 0.2) is 84.9 Å². The minimum absolute atomic E-state index is 0.227. The number of halogens is 1. The fourth-order valence-electron chi connectivity index (χ4n) is 5.48. The monoisotopic (exact) mass is 460 g/mol. The van der Waals surface area contributed by atoms with E-state index < -0.39 is 17.0 Å². The van der Waals surface area contributed by atoms with E-state index in [0.717, 1.165) is 11.1 Å². The first kappa shape index (κ1) is 22.8. The van der Waals surface area contributed by atoms with Crippen molar-refractivity contribution >= 4 is 5.97 Å². The zero-order valence-corrected chi connectivity index (χ0v) is 19.1. The quantitative estimate of drug-likeness (QED) is 0.499. The van der Waals surface area contributed by atoms with Gasteiger partial charge in [-0.15, -0.1) is 0 Å². The number of hydrogen-bond acceptors (Lipinski definition) is 3. The maximum Gasteiger partial charge on any atom is 0.314 e. The van der Waals surface area contributed by atoms with E-state index in [1.54, 1.807) is 12.1 Å². The van der Waals surface area contributed by atoms with Crippen molar-refractivity contribution in [3.05, 3.63) is 107 Å². The SMILES string of the molecule is O=C(O)C1(c2ccccc2)CCC(OCC2(c3ccccc3)COC2)(c2ccc(F)cc2)CC1. The summed E-state index contributed by atoms with van der Waals surface area (Å²) in [5, 5.41) is 10.3. The molecule has 1 aliphatic carbocycles.